The van der Waals surface area contributed by atoms with Gasteiger partial charge in [0.15, 0.2) is 0 Å². The van der Waals surface area contributed by atoms with E-state index in [1.54, 1.807) is 25.3 Å². The van der Waals surface area contributed by atoms with Crippen molar-refractivity contribution in [3.05, 3.63) is 57.6 Å². The van der Waals surface area contributed by atoms with Crippen LogP contribution in [0.5, 0.6) is 11.5 Å². The van der Waals surface area contributed by atoms with Crippen molar-refractivity contribution in [3.63, 3.8) is 0 Å². The number of aliphatic hydroxyl groups is 1. The Morgan fingerprint density at radius 1 is 1.00 bits per heavy atom. The molecular formula is C16H16Cl2O5. The van der Waals surface area contributed by atoms with E-state index in [0.29, 0.717) is 15.8 Å². The summed E-state index contributed by atoms with van der Waals surface area (Å²) in [5.74, 6) is -0.126. The first-order chi connectivity index (χ1) is 10.9. The highest BCUT2D eigenvalue weighted by Crippen LogP contribution is 2.23. The number of aromatic carboxylic acids is 1. The molecule has 0 saturated heterocycles. The molecular weight excluding hydrogens is 343 g/mol. The maximum Gasteiger partial charge on any atom is 0.339 e. The third-order valence-corrected chi connectivity index (χ3v) is 3.28. The summed E-state index contributed by atoms with van der Waals surface area (Å²) < 4.78 is 9.79. The number of halogens is 2. The SMILES string of the molecule is COc1cc(Cl)ccc1C(=O)O.COc1cc(Cl)ccc1CO. The molecule has 2 rings (SSSR count). The molecule has 23 heavy (non-hydrogen) atoms. The van der Waals surface area contributed by atoms with Crippen LogP contribution in [-0.2, 0) is 6.61 Å². The van der Waals surface area contributed by atoms with Crippen molar-refractivity contribution in [3.8, 4) is 11.5 Å². The number of rotatable bonds is 4. The van der Waals surface area contributed by atoms with Gasteiger partial charge in [-0.25, -0.2) is 4.79 Å². The summed E-state index contributed by atoms with van der Waals surface area (Å²) in [4.78, 5) is 10.6. The molecule has 0 saturated carbocycles. The average Bonchev–Trinajstić information content (AvgIpc) is 2.54. The first kappa shape index (κ1) is 19.1. The second-order valence-electron chi connectivity index (χ2n) is 4.26. The summed E-state index contributed by atoms with van der Waals surface area (Å²) in [5.41, 5.74) is 0.860. The summed E-state index contributed by atoms with van der Waals surface area (Å²) in [7, 11) is 2.95. The summed E-state index contributed by atoms with van der Waals surface area (Å²) >= 11 is 11.3. The minimum absolute atomic E-state index is 0.0274. The Morgan fingerprint density at radius 2 is 1.52 bits per heavy atom. The van der Waals surface area contributed by atoms with E-state index in [2.05, 4.69) is 0 Å². The summed E-state index contributed by atoms with van der Waals surface area (Å²) in [6.45, 7) is -0.0274. The van der Waals surface area contributed by atoms with Crippen LogP contribution < -0.4 is 9.47 Å². The molecule has 0 amide bonds. The van der Waals surface area contributed by atoms with E-state index >= 15 is 0 Å². The lowest BCUT2D eigenvalue weighted by molar-refractivity contribution is 0.0693. The molecule has 124 valence electrons. The first-order valence-corrected chi connectivity index (χ1v) is 7.18. The minimum Gasteiger partial charge on any atom is -0.496 e. The van der Waals surface area contributed by atoms with Crippen LogP contribution >= 0.6 is 23.2 Å². The van der Waals surface area contributed by atoms with Crippen LogP contribution in [0.3, 0.4) is 0 Å². The number of benzene rings is 2. The number of carbonyl (C=O) groups is 1. The summed E-state index contributed by atoms with van der Waals surface area (Å²) in [6, 6.07) is 9.51. The van der Waals surface area contributed by atoms with Crippen molar-refractivity contribution in [2.24, 2.45) is 0 Å². The van der Waals surface area contributed by atoms with Crippen molar-refractivity contribution in [2.45, 2.75) is 6.61 Å². The van der Waals surface area contributed by atoms with Crippen LogP contribution in [0.1, 0.15) is 15.9 Å². The summed E-state index contributed by atoms with van der Waals surface area (Å²) in [5, 5.41) is 18.5. The Balaban J connectivity index is 0.000000231. The van der Waals surface area contributed by atoms with E-state index in [1.807, 2.05) is 0 Å². The van der Waals surface area contributed by atoms with Gasteiger partial charge in [-0.15, -0.1) is 0 Å². The highest BCUT2D eigenvalue weighted by molar-refractivity contribution is 6.31. The second-order valence-corrected chi connectivity index (χ2v) is 5.14. The standard InChI is InChI=1S/C8H7ClO3.C8H9ClO2/c1-12-7-4-5(9)2-3-6(7)8(10)11;1-11-8-4-7(9)3-2-6(8)5-10/h2-4H,1H3,(H,10,11);2-4,10H,5H2,1H3. The van der Waals surface area contributed by atoms with Crippen molar-refractivity contribution in [1.29, 1.82) is 0 Å². The Morgan fingerprint density at radius 3 is 2.00 bits per heavy atom. The van der Waals surface area contributed by atoms with Crippen molar-refractivity contribution >= 4 is 29.2 Å². The maximum atomic E-state index is 10.6. The zero-order valence-corrected chi connectivity index (χ0v) is 14.1. The maximum absolute atomic E-state index is 10.6. The normalized spacial score (nSPS) is 9.61. The molecule has 0 atom stereocenters. The van der Waals surface area contributed by atoms with Crippen molar-refractivity contribution in [2.75, 3.05) is 14.2 Å². The van der Waals surface area contributed by atoms with Gasteiger partial charge in [0.05, 0.1) is 20.8 Å². The molecule has 0 aliphatic rings. The Hall–Kier alpha value is -1.95. The molecule has 7 heteroatoms. The van der Waals surface area contributed by atoms with Gasteiger partial charge in [-0.2, -0.15) is 0 Å². The predicted octanol–water partition coefficient (Wildman–Crippen LogP) is 3.89. The van der Waals surface area contributed by atoms with Gasteiger partial charge in [-0.1, -0.05) is 29.3 Å². The molecule has 2 aromatic carbocycles. The van der Waals surface area contributed by atoms with E-state index in [-0.39, 0.29) is 17.9 Å². The van der Waals surface area contributed by atoms with E-state index in [9.17, 15) is 4.79 Å². The van der Waals surface area contributed by atoms with Crippen LogP contribution in [0, 0.1) is 0 Å². The quantitative estimate of drug-likeness (QED) is 0.866. The fraction of sp³-hybridized carbons (Fsp3) is 0.188. The summed E-state index contributed by atoms with van der Waals surface area (Å²) in [6.07, 6.45) is 0. The van der Waals surface area contributed by atoms with E-state index in [4.69, 9.17) is 42.9 Å². The van der Waals surface area contributed by atoms with Gasteiger partial charge in [0, 0.05) is 15.6 Å². The molecule has 0 heterocycles. The molecule has 0 radical (unpaired) electrons. The first-order valence-electron chi connectivity index (χ1n) is 6.43. The molecule has 2 N–H and O–H groups in total. The van der Waals surface area contributed by atoms with Gasteiger partial charge in [0.1, 0.15) is 17.1 Å². The smallest absolute Gasteiger partial charge is 0.339 e. The number of carboxylic acids is 1. The fourth-order valence-electron chi connectivity index (χ4n) is 1.69. The van der Waals surface area contributed by atoms with Gasteiger partial charge in [0.25, 0.3) is 0 Å². The van der Waals surface area contributed by atoms with Crippen LogP contribution in [0.15, 0.2) is 36.4 Å². The minimum atomic E-state index is -1.02. The van der Waals surface area contributed by atoms with Gasteiger partial charge < -0.3 is 19.7 Å². The van der Waals surface area contributed by atoms with Crippen LogP contribution in [-0.4, -0.2) is 30.4 Å². The lowest BCUT2D eigenvalue weighted by Gasteiger charge is -2.04. The predicted molar refractivity (Wildman–Crippen MR) is 88.9 cm³/mol. The Labute approximate surface area is 144 Å². The average molecular weight is 359 g/mol. The molecule has 0 bridgehead atoms. The topological polar surface area (TPSA) is 76.0 Å². The monoisotopic (exact) mass is 358 g/mol. The van der Waals surface area contributed by atoms with Crippen LogP contribution in [0.25, 0.3) is 0 Å². The third kappa shape index (κ3) is 5.63. The van der Waals surface area contributed by atoms with Crippen molar-refractivity contribution < 1.29 is 24.5 Å². The molecule has 0 aliphatic heterocycles. The number of aliphatic hydroxyl groups excluding tert-OH is 1. The van der Waals surface area contributed by atoms with E-state index in [0.717, 1.165) is 5.56 Å². The Bertz CT molecular complexity index is 674. The van der Waals surface area contributed by atoms with Gasteiger partial charge in [0.2, 0.25) is 0 Å². The van der Waals surface area contributed by atoms with Crippen LogP contribution in [0.2, 0.25) is 10.0 Å². The highest BCUT2D eigenvalue weighted by atomic mass is 35.5. The highest BCUT2D eigenvalue weighted by Gasteiger charge is 2.09. The second kappa shape index (κ2) is 9.25. The zero-order valence-electron chi connectivity index (χ0n) is 12.5. The molecule has 0 spiro atoms. The van der Waals surface area contributed by atoms with Gasteiger partial charge >= 0.3 is 5.97 Å². The molecule has 0 aliphatic carbocycles. The molecule has 0 fully saturated rings. The number of hydrogen-bond acceptors (Lipinski definition) is 4. The lowest BCUT2D eigenvalue weighted by Crippen LogP contribution is -1.99. The zero-order chi connectivity index (χ0) is 17.4. The number of ether oxygens (including phenoxy) is 2. The van der Waals surface area contributed by atoms with E-state index in [1.165, 1.54) is 25.3 Å². The van der Waals surface area contributed by atoms with Crippen molar-refractivity contribution in [1.82, 2.24) is 0 Å². The molecule has 0 aromatic heterocycles. The Kier molecular flexibility index (Phi) is 7.68. The number of carboxylic acid groups (broad SMARTS) is 1. The fourth-order valence-corrected chi connectivity index (χ4v) is 2.01. The van der Waals surface area contributed by atoms with Gasteiger partial charge in [-0.3, -0.25) is 0 Å². The molecule has 0 unspecified atom stereocenters. The van der Waals surface area contributed by atoms with E-state index < -0.39 is 5.97 Å². The number of methoxy groups -OCH3 is 2. The number of hydrogen-bond donors (Lipinski definition) is 2. The van der Waals surface area contributed by atoms with Gasteiger partial charge in [-0.05, 0) is 30.3 Å². The van der Waals surface area contributed by atoms with Crippen LogP contribution in [0.4, 0.5) is 0 Å². The largest absolute Gasteiger partial charge is 0.496 e. The molecule has 2 aromatic rings. The molecule has 5 nitrogen and oxygen atoms in total. The lowest BCUT2D eigenvalue weighted by atomic mass is 10.2. The third-order valence-electron chi connectivity index (χ3n) is 2.81.